The molecule has 1 aromatic heterocycles. The van der Waals surface area contributed by atoms with Crippen LogP contribution in [0.2, 0.25) is 0 Å². The lowest BCUT2D eigenvalue weighted by molar-refractivity contribution is 0.104. The number of piperazine rings is 1. The van der Waals surface area contributed by atoms with Crippen LogP contribution in [0, 0.1) is 5.95 Å². The van der Waals surface area contributed by atoms with Crippen LogP contribution in [0.15, 0.2) is 18.3 Å². The van der Waals surface area contributed by atoms with Gasteiger partial charge in [-0.15, -0.1) is 0 Å². The molecule has 0 spiro atoms. The van der Waals surface area contributed by atoms with E-state index in [0.717, 1.165) is 38.3 Å². The van der Waals surface area contributed by atoms with Gasteiger partial charge in [0.05, 0.1) is 0 Å². The molecule has 4 heteroatoms. The zero-order valence-electron chi connectivity index (χ0n) is 10.6. The highest BCUT2D eigenvalue weighted by molar-refractivity contribution is 5.09. The molecule has 1 saturated heterocycles. The summed E-state index contributed by atoms with van der Waals surface area (Å²) in [5, 5.41) is 0. The fourth-order valence-corrected chi connectivity index (χ4v) is 2.20. The van der Waals surface area contributed by atoms with Gasteiger partial charge in [0.1, 0.15) is 0 Å². The van der Waals surface area contributed by atoms with Gasteiger partial charge in [-0.25, -0.2) is 4.98 Å². The van der Waals surface area contributed by atoms with Crippen molar-refractivity contribution in [2.24, 2.45) is 0 Å². The van der Waals surface area contributed by atoms with Gasteiger partial charge in [0.2, 0.25) is 5.95 Å². The van der Waals surface area contributed by atoms with Gasteiger partial charge in [-0.05, 0) is 25.5 Å². The van der Waals surface area contributed by atoms with E-state index in [1.54, 1.807) is 6.20 Å². The number of hydrogen-bond donors (Lipinski definition) is 0. The van der Waals surface area contributed by atoms with Crippen molar-refractivity contribution in [3.05, 3.63) is 29.8 Å². The van der Waals surface area contributed by atoms with Crippen molar-refractivity contribution in [3.63, 3.8) is 0 Å². The fourth-order valence-electron chi connectivity index (χ4n) is 2.20. The zero-order valence-corrected chi connectivity index (χ0v) is 10.6. The van der Waals surface area contributed by atoms with Crippen molar-refractivity contribution in [2.75, 3.05) is 26.2 Å². The summed E-state index contributed by atoms with van der Waals surface area (Å²) in [7, 11) is 0. The molecular formula is C13H20FN3. The van der Waals surface area contributed by atoms with Crippen molar-refractivity contribution in [1.29, 1.82) is 0 Å². The van der Waals surface area contributed by atoms with Crippen molar-refractivity contribution in [3.8, 4) is 0 Å². The maximum atomic E-state index is 12.7. The molecule has 1 aliphatic heterocycles. The van der Waals surface area contributed by atoms with Gasteiger partial charge >= 0.3 is 0 Å². The first-order valence-corrected chi connectivity index (χ1v) is 6.22. The molecule has 2 rings (SSSR count). The van der Waals surface area contributed by atoms with Gasteiger partial charge in [-0.1, -0.05) is 6.07 Å². The molecule has 0 amide bonds. The monoisotopic (exact) mass is 237 g/mol. The maximum Gasteiger partial charge on any atom is 0.212 e. The SMILES string of the molecule is CC(C)N1CCN(Cc2ccc(F)nc2)CC1. The summed E-state index contributed by atoms with van der Waals surface area (Å²) in [5.74, 6) is -0.404. The van der Waals surface area contributed by atoms with Crippen molar-refractivity contribution in [2.45, 2.75) is 26.4 Å². The summed E-state index contributed by atoms with van der Waals surface area (Å²) in [6.45, 7) is 9.74. The lowest BCUT2D eigenvalue weighted by atomic mass is 10.2. The molecule has 3 nitrogen and oxygen atoms in total. The number of halogens is 1. The van der Waals surface area contributed by atoms with Crippen LogP contribution in [0.25, 0.3) is 0 Å². The third-order valence-electron chi connectivity index (χ3n) is 3.33. The maximum absolute atomic E-state index is 12.7. The van der Waals surface area contributed by atoms with Crippen molar-refractivity contribution in [1.82, 2.24) is 14.8 Å². The first-order valence-electron chi connectivity index (χ1n) is 6.22. The highest BCUT2D eigenvalue weighted by Gasteiger charge is 2.18. The third kappa shape index (κ3) is 3.48. The van der Waals surface area contributed by atoms with E-state index >= 15 is 0 Å². The average molecular weight is 237 g/mol. The summed E-state index contributed by atoms with van der Waals surface area (Å²) in [6, 6.07) is 3.88. The summed E-state index contributed by atoms with van der Waals surface area (Å²) in [4.78, 5) is 8.57. The van der Waals surface area contributed by atoms with Gasteiger partial charge in [0.15, 0.2) is 0 Å². The second kappa shape index (κ2) is 5.56. The second-order valence-corrected chi connectivity index (χ2v) is 4.90. The Morgan fingerprint density at radius 3 is 2.47 bits per heavy atom. The molecule has 94 valence electrons. The van der Waals surface area contributed by atoms with E-state index in [1.165, 1.54) is 6.07 Å². The summed E-state index contributed by atoms with van der Waals surface area (Å²) in [6.07, 6.45) is 1.63. The molecule has 17 heavy (non-hydrogen) atoms. The Balaban J connectivity index is 1.84. The Hall–Kier alpha value is -1.00. The molecule has 0 N–H and O–H groups in total. The standard InChI is InChI=1S/C13H20FN3/c1-11(2)17-7-5-16(6-8-17)10-12-3-4-13(14)15-9-12/h3-4,9,11H,5-8,10H2,1-2H3. The molecule has 0 atom stereocenters. The van der Waals surface area contributed by atoms with Crippen LogP contribution in [-0.2, 0) is 6.54 Å². The molecule has 0 unspecified atom stereocenters. The summed E-state index contributed by atoms with van der Waals surface area (Å²) >= 11 is 0. The normalized spacial score (nSPS) is 18.8. The predicted octanol–water partition coefficient (Wildman–Crippen LogP) is 1.75. The van der Waals surface area contributed by atoms with Crippen LogP contribution in [0.1, 0.15) is 19.4 Å². The minimum atomic E-state index is -0.404. The van der Waals surface area contributed by atoms with Gasteiger partial charge in [0, 0.05) is 45.0 Å². The number of rotatable bonds is 3. The topological polar surface area (TPSA) is 19.4 Å². The van der Waals surface area contributed by atoms with E-state index in [4.69, 9.17) is 0 Å². The number of pyridine rings is 1. The van der Waals surface area contributed by atoms with E-state index in [9.17, 15) is 4.39 Å². The smallest absolute Gasteiger partial charge is 0.212 e. The first kappa shape index (κ1) is 12.5. The van der Waals surface area contributed by atoms with Gasteiger partial charge < -0.3 is 0 Å². The minimum Gasteiger partial charge on any atom is -0.298 e. The van der Waals surface area contributed by atoms with Crippen LogP contribution in [0.4, 0.5) is 4.39 Å². The Bertz CT molecular complexity index is 342. The van der Waals surface area contributed by atoms with Crippen molar-refractivity contribution < 1.29 is 4.39 Å². The number of nitrogens with zero attached hydrogens (tertiary/aromatic N) is 3. The molecule has 2 heterocycles. The van der Waals surface area contributed by atoms with Crippen LogP contribution < -0.4 is 0 Å². The first-order chi connectivity index (χ1) is 8.15. The van der Waals surface area contributed by atoms with Crippen LogP contribution in [-0.4, -0.2) is 47.0 Å². The minimum absolute atomic E-state index is 0.404. The lowest BCUT2D eigenvalue weighted by Crippen LogP contribution is -2.48. The van der Waals surface area contributed by atoms with Crippen molar-refractivity contribution >= 4 is 0 Å². The quantitative estimate of drug-likeness (QED) is 0.747. The number of aromatic nitrogens is 1. The molecule has 1 aliphatic rings. The third-order valence-corrected chi connectivity index (χ3v) is 3.33. The van der Waals surface area contributed by atoms with Crippen LogP contribution in [0.3, 0.4) is 0 Å². The summed E-state index contributed by atoms with van der Waals surface area (Å²) < 4.78 is 12.7. The lowest BCUT2D eigenvalue weighted by Gasteiger charge is -2.36. The van der Waals surface area contributed by atoms with E-state index in [0.29, 0.717) is 6.04 Å². The molecular weight excluding hydrogens is 217 g/mol. The molecule has 1 aromatic rings. The zero-order chi connectivity index (χ0) is 12.3. The molecule has 0 aromatic carbocycles. The fraction of sp³-hybridized carbons (Fsp3) is 0.615. The highest BCUT2D eigenvalue weighted by atomic mass is 19.1. The van der Waals surface area contributed by atoms with E-state index < -0.39 is 5.95 Å². The molecule has 0 aliphatic carbocycles. The highest BCUT2D eigenvalue weighted by Crippen LogP contribution is 2.09. The number of hydrogen-bond acceptors (Lipinski definition) is 3. The van der Waals surface area contributed by atoms with Crippen LogP contribution in [0.5, 0.6) is 0 Å². The molecule has 0 radical (unpaired) electrons. The largest absolute Gasteiger partial charge is 0.298 e. The van der Waals surface area contributed by atoms with Crippen LogP contribution >= 0.6 is 0 Å². The second-order valence-electron chi connectivity index (χ2n) is 4.90. The van der Waals surface area contributed by atoms with Gasteiger partial charge in [-0.3, -0.25) is 9.80 Å². The van der Waals surface area contributed by atoms with E-state index in [1.807, 2.05) is 6.07 Å². The Morgan fingerprint density at radius 2 is 1.94 bits per heavy atom. The van der Waals surface area contributed by atoms with E-state index in [2.05, 4.69) is 28.6 Å². The molecule has 0 saturated carbocycles. The Morgan fingerprint density at radius 1 is 1.24 bits per heavy atom. The predicted molar refractivity (Wildman–Crippen MR) is 66.2 cm³/mol. The molecule has 1 fully saturated rings. The molecule has 0 bridgehead atoms. The van der Waals surface area contributed by atoms with Gasteiger partial charge in [0.25, 0.3) is 0 Å². The van der Waals surface area contributed by atoms with Gasteiger partial charge in [-0.2, -0.15) is 4.39 Å². The Labute approximate surface area is 102 Å². The average Bonchev–Trinajstić information content (AvgIpc) is 2.33. The Kier molecular flexibility index (Phi) is 4.07. The van der Waals surface area contributed by atoms with E-state index in [-0.39, 0.29) is 0 Å². The summed E-state index contributed by atoms with van der Waals surface area (Å²) in [5.41, 5.74) is 1.09.